The first-order valence-corrected chi connectivity index (χ1v) is 7.51. The van der Waals surface area contributed by atoms with Crippen LogP contribution in [0.15, 0.2) is 30.3 Å². The topological polar surface area (TPSA) is 142 Å². The predicted octanol–water partition coefficient (Wildman–Crippen LogP) is 0.735. The first-order valence-electron chi connectivity index (χ1n) is 7.51. The Morgan fingerprint density at radius 1 is 1.04 bits per heavy atom. The van der Waals surface area contributed by atoms with Crippen molar-refractivity contribution in [2.45, 2.75) is 38.5 Å². The van der Waals surface area contributed by atoms with Gasteiger partial charge in [0.05, 0.1) is 0 Å². The second-order valence-corrected chi connectivity index (χ2v) is 5.26. The van der Waals surface area contributed by atoms with Crippen molar-refractivity contribution in [2.24, 2.45) is 0 Å². The largest absolute Gasteiger partial charge is 0.480 e. The first-order chi connectivity index (χ1) is 11.8. The molecule has 0 spiro atoms. The van der Waals surface area contributed by atoms with Crippen LogP contribution < -0.4 is 10.6 Å². The van der Waals surface area contributed by atoms with Gasteiger partial charge in [0.25, 0.3) is 0 Å². The van der Waals surface area contributed by atoms with Gasteiger partial charge >= 0.3 is 18.0 Å². The summed E-state index contributed by atoms with van der Waals surface area (Å²) < 4.78 is 4.92. The van der Waals surface area contributed by atoms with Crippen LogP contribution in [0.3, 0.4) is 0 Å². The van der Waals surface area contributed by atoms with E-state index in [0.717, 1.165) is 5.56 Å². The lowest BCUT2D eigenvalue weighted by Crippen LogP contribution is -2.43. The molecule has 0 saturated heterocycles. The van der Waals surface area contributed by atoms with E-state index in [1.54, 1.807) is 30.3 Å². The van der Waals surface area contributed by atoms with Crippen LogP contribution in [0.4, 0.5) is 4.79 Å². The highest BCUT2D eigenvalue weighted by Gasteiger charge is 2.22. The standard InChI is InChI=1S/C16H20N2O7/c1-10(14(20)21)17-13(19)8-7-12(15(22)23)18-16(24)25-9-11-5-3-2-4-6-11/h2-6,10,12H,7-9H2,1H3,(H,17,19)(H,18,24)(H,20,21)(H,22,23)/t10-,12+/m1/s1. The van der Waals surface area contributed by atoms with Crippen molar-refractivity contribution in [3.05, 3.63) is 35.9 Å². The number of carboxylic acid groups (broad SMARTS) is 2. The number of hydrogen-bond donors (Lipinski definition) is 4. The van der Waals surface area contributed by atoms with Gasteiger partial charge in [0.1, 0.15) is 18.7 Å². The summed E-state index contributed by atoms with van der Waals surface area (Å²) >= 11 is 0. The van der Waals surface area contributed by atoms with Crippen LogP contribution in [0.2, 0.25) is 0 Å². The SMILES string of the molecule is C[C@@H](NC(=O)CC[C@H](NC(=O)OCc1ccccc1)C(=O)O)C(=O)O. The van der Waals surface area contributed by atoms with Crippen molar-refractivity contribution >= 4 is 23.9 Å². The van der Waals surface area contributed by atoms with E-state index in [9.17, 15) is 19.2 Å². The molecule has 9 heteroatoms. The van der Waals surface area contributed by atoms with Crippen LogP contribution in [0.25, 0.3) is 0 Å². The molecule has 1 aromatic rings. The maximum absolute atomic E-state index is 11.7. The summed E-state index contributed by atoms with van der Waals surface area (Å²) in [5, 5.41) is 22.1. The maximum atomic E-state index is 11.7. The minimum Gasteiger partial charge on any atom is -0.480 e. The van der Waals surface area contributed by atoms with Crippen LogP contribution in [-0.2, 0) is 25.7 Å². The van der Waals surface area contributed by atoms with Gasteiger partial charge in [-0.25, -0.2) is 9.59 Å². The highest BCUT2D eigenvalue weighted by Crippen LogP contribution is 2.03. The van der Waals surface area contributed by atoms with Gasteiger partial charge in [-0.3, -0.25) is 9.59 Å². The number of rotatable bonds is 9. The summed E-state index contributed by atoms with van der Waals surface area (Å²) in [6, 6.07) is 6.43. The molecule has 2 amide bonds. The molecule has 136 valence electrons. The molecule has 2 atom stereocenters. The number of carbonyl (C=O) groups is 4. The zero-order valence-corrected chi connectivity index (χ0v) is 13.6. The molecule has 1 rings (SSSR count). The van der Waals surface area contributed by atoms with Crippen LogP contribution in [0.5, 0.6) is 0 Å². The van der Waals surface area contributed by atoms with Crippen molar-refractivity contribution < 1.29 is 34.1 Å². The molecule has 0 fully saturated rings. The zero-order chi connectivity index (χ0) is 18.8. The molecule has 0 aliphatic heterocycles. The first kappa shape index (κ1) is 19.9. The van der Waals surface area contributed by atoms with E-state index < -0.39 is 36.0 Å². The summed E-state index contributed by atoms with van der Waals surface area (Å²) in [4.78, 5) is 45.0. The molecule has 0 heterocycles. The number of carboxylic acids is 2. The highest BCUT2D eigenvalue weighted by molar-refractivity contribution is 5.84. The molecule has 0 aliphatic carbocycles. The van der Waals surface area contributed by atoms with Crippen LogP contribution in [0, 0.1) is 0 Å². The van der Waals surface area contributed by atoms with E-state index in [1.807, 2.05) is 0 Å². The van der Waals surface area contributed by atoms with Gasteiger partial charge in [-0.2, -0.15) is 0 Å². The fraction of sp³-hybridized carbons (Fsp3) is 0.375. The minimum absolute atomic E-state index is 0.0182. The van der Waals surface area contributed by atoms with E-state index in [-0.39, 0.29) is 19.4 Å². The molecular weight excluding hydrogens is 332 g/mol. The third-order valence-electron chi connectivity index (χ3n) is 3.21. The Balaban J connectivity index is 2.43. The minimum atomic E-state index is -1.32. The van der Waals surface area contributed by atoms with Gasteiger partial charge in [-0.1, -0.05) is 30.3 Å². The summed E-state index contributed by atoms with van der Waals surface area (Å²) in [7, 11) is 0. The van der Waals surface area contributed by atoms with Crippen LogP contribution in [-0.4, -0.2) is 46.2 Å². The molecule has 1 aromatic carbocycles. The number of alkyl carbamates (subject to hydrolysis) is 1. The third-order valence-corrected chi connectivity index (χ3v) is 3.21. The molecule has 0 radical (unpaired) electrons. The number of hydrogen-bond acceptors (Lipinski definition) is 5. The summed E-state index contributed by atoms with van der Waals surface area (Å²) in [5.74, 6) is -3.15. The van der Waals surface area contributed by atoms with E-state index in [2.05, 4.69) is 10.6 Å². The van der Waals surface area contributed by atoms with Gasteiger partial charge in [-0.15, -0.1) is 0 Å². The van der Waals surface area contributed by atoms with E-state index >= 15 is 0 Å². The van der Waals surface area contributed by atoms with Crippen LogP contribution in [0.1, 0.15) is 25.3 Å². The normalized spacial score (nSPS) is 12.5. The van der Waals surface area contributed by atoms with Gasteiger partial charge < -0.3 is 25.6 Å². The maximum Gasteiger partial charge on any atom is 0.408 e. The molecular formula is C16H20N2O7. The molecule has 0 unspecified atom stereocenters. The fourth-order valence-corrected chi connectivity index (χ4v) is 1.82. The van der Waals surface area contributed by atoms with Crippen molar-refractivity contribution in [1.82, 2.24) is 10.6 Å². The number of ether oxygens (including phenoxy) is 1. The molecule has 4 N–H and O–H groups in total. The Bertz CT molecular complexity index is 618. The summed E-state index contributed by atoms with van der Waals surface area (Å²) in [5.41, 5.74) is 0.742. The Kier molecular flexibility index (Phi) is 7.91. The average Bonchev–Trinajstić information content (AvgIpc) is 2.57. The number of amides is 2. The molecule has 0 bridgehead atoms. The number of nitrogens with one attached hydrogen (secondary N) is 2. The van der Waals surface area contributed by atoms with Gasteiger partial charge in [-0.05, 0) is 18.9 Å². The lowest BCUT2D eigenvalue weighted by molar-refractivity contribution is -0.142. The number of aliphatic carboxylic acids is 2. The smallest absolute Gasteiger partial charge is 0.408 e. The highest BCUT2D eigenvalue weighted by atomic mass is 16.5. The Morgan fingerprint density at radius 2 is 1.68 bits per heavy atom. The molecule has 25 heavy (non-hydrogen) atoms. The lowest BCUT2D eigenvalue weighted by atomic mass is 10.1. The van der Waals surface area contributed by atoms with Gasteiger partial charge in [0.15, 0.2) is 0 Å². The summed E-state index contributed by atoms with van der Waals surface area (Å²) in [6.07, 6.45) is -1.38. The van der Waals surface area contributed by atoms with Gasteiger partial charge in [0.2, 0.25) is 5.91 Å². The van der Waals surface area contributed by atoms with Gasteiger partial charge in [0, 0.05) is 6.42 Å². The Labute approximate surface area is 144 Å². The van der Waals surface area contributed by atoms with Crippen molar-refractivity contribution in [3.63, 3.8) is 0 Å². The zero-order valence-electron chi connectivity index (χ0n) is 13.6. The number of carbonyl (C=O) groups excluding carboxylic acids is 2. The van der Waals surface area contributed by atoms with Crippen molar-refractivity contribution in [1.29, 1.82) is 0 Å². The van der Waals surface area contributed by atoms with Crippen LogP contribution >= 0.6 is 0 Å². The van der Waals surface area contributed by atoms with E-state index in [4.69, 9.17) is 14.9 Å². The second-order valence-electron chi connectivity index (χ2n) is 5.26. The monoisotopic (exact) mass is 352 g/mol. The summed E-state index contributed by atoms with van der Waals surface area (Å²) in [6.45, 7) is 1.27. The molecule has 0 aromatic heterocycles. The quantitative estimate of drug-likeness (QED) is 0.513. The van der Waals surface area contributed by atoms with Crippen molar-refractivity contribution in [2.75, 3.05) is 0 Å². The van der Waals surface area contributed by atoms with E-state index in [1.165, 1.54) is 6.92 Å². The average molecular weight is 352 g/mol. The lowest BCUT2D eigenvalue weighted by Gasteiger charge is -2.15. The molecule has 0 saturated carbocycles. The fourth-order valence-electron chi connectivity index (χ4n) is 1.82. The molecule has 9 nitrogen and oxygen atoms in total. The second kappa shape index (κ2) is 9.91. The Morgan fingerprint density at radius 3 is 2.24 bits per heavy atom. The van der Waals surface area contributed by atoms with E-state index in [0.29, 0.717) is 0 Å². The molecule has 0 aliphatic rings. The number of benzene rings is 1. The predicted molar refractivity (Wildman–Crippen MR) is 85.7 cm³/mol. The third kappa shape index (κ3) is 7.82. The van der Waals surface area contributed by atoms with Crippen molar-refractivity contribution in [3.8, 4) is 0 Å². The Hall–Kier alpha value is -3.10.